The number of hydrogen-bond acceptors (Lipinski definition) is 3. The summed E-state index contributed by atoms with van der Waals surface area (Å²) in [5.74, 6) is -1.24. The lowest BCUT2D eigenvalue weighted by atomic mass is 9.96. The van der Waals surface area contributed by atoms with Gasteiger partial charge < -0.3 is 0 Å². The lowest BCUT2D eigenvalue weighted by Crippen LogP contribution is -2.18. The Morgan fingerprint density at radius 3 is 2.09 bits per heavy atom. The second-order valence-electron chi connectivity index (χ2n) is 4.54. The van der Waals surface area contributed by atoms with Crippen LogP contribution in [-0.4, -0.2) is 22.5 Å². The molecule has 0 fully saturated rings. The van der Waals surface area contributed by atoms with Crippen molar-refractivity contribution < 1.29 is 9.59 Å². The Morgan fingerprint density at radius 2 is 1.50 bits per heavy atom. The van der Waals surface area contributed by atoms with E-state index in [-0.39, 0.29) is 21.2 Å². The number of imide groups is 1. The fraction of sp³-hybridized carbons (Fsp3) is 0.0667. The number of fused-ring (bicyclic) bond motifs is 1. The minimum atomic E-state index is -0.654. The molecule has 22 heavy (non-hydrogen) atoms. The Kier molecular flexibility index (Phi) is 4.12. The first-order valence-electron chi connectivity index (χ1n) is 6.18. The van der Waals surface area contributed by atoms with E-state index >= 15 is 0 Å². The first-order valence-corrected chi connectivity index (χ1v) is 8.49. The molecule has 7 heteroatoms. The van der Waals surface area contributed by atoms with Crippen LogP contribution in [0.25, 0.3) is 11.1 Å². The van der Waals surface area contributed by atoms with Crippen molar-refractivity contribution in [3.63, 3.8) is 0 Å². The van der Waals surface area contributed by atoms with Crippen LogP contribution in [0.3, 0.4) is 0 Å². The number of nitrogens with zero attached hydrogens (tertiary/aromatic N) is 1. The van der Waals surface area contributed by atoms with Crippen LogP contribution in [0.1, 0.15) is 20.7 Å². The number of benzene rings is 2. The highest BCUT2D eigenvalue weighted by atomic mass is 35.5. The number of carbonyl (C=O) groups excluding carboxylic acids is 2. The first-order chi connectivity index (χ1) is 10.5. The normalized spacial score (nSPS) is 13.7. The highest BCUT2D eigenvalue weighted by molar-refractivity contribution is 7.98. The summed E-state index contributed by atoms with van der Waals surface area (Å²) in [6, 6.07) is 9.23. The van der Waals surface area contributed by atoms with Crippen molar-refractivity contribution in [2.45, 2.75) is 4.90 Å². The zero-order valence-electron chi connectivity index (χ0n) is 11.2. The van der Waals surface area contributed by atoms with Crippen LogP contribution < -0.4 is 0 Å². The van der Waals surface area contributed by atoms with Crippen LogP contribution in [0.5, 0.6) is 0 Å². The number of amides is 2. The quantitative estimate of drug-likeness (QED) is 0.416. The molecule has 3 rings (SSSR count). The van der Waals surface area contributed by atoms with E-state index in [1.54, 1.807) is 0 Å². The molecule has 0 N–H and O–H groups in total. The zero-order valence-corrected chi connectivity index (χ0v) is 14.3. The average Bonchev–Trinajstić information content (AvgIpc) is 2.76. The molecule has 0 spiro atoms. The van der Waals surface area contributed by atoms with Crippen molar-refractivity contribution in [2.75, 3.05) is 6.26 Å². The van der Waals surface area contributed by atoms with E-state index in [0.717, 1.165) is 5.56 Å². The second kappa shape index (κ2) is 5.78. The summed E-state index contributed by atoms with van der Waals surface area (Å²) in [5.41, 5.74) is 1.61. The van der Waals surface area contributed by atoms with Gasteiger partial charge in [-0.3, -0.25) is 9.59 Å². The summed E-state index contributed by atoms with van der Waals surface area (Å²) in [6.07, 6.45) is 1.83. The van der Waals surface area contributed by atoms with Gasteiger partial charge in [-0.1, -0.05) is 53.5 Å². The van der Waals surface area contributed by atoms with Gasteiger partial charge in [0.05, 0.1) is 21.2 Å². The standard InChI is InChI=1S/C15H8Cl3NO2S/c1-22-13-8(7-5-3-2-4-6-7)9-10(11(16)12(13)17)15(21)19(18)14(9)20/h2-6H,1H3. The third kappa shape index (κ3) is 2.14. The Balaban J connectivity index is 2.47. The minimum absolute atomic E-state index is 0.0576. The Morgan fingerprint density at radius 1 is 0.909 bits per heavy atom. The topological polar surface area (TPSA) is 37.4 Å². The molecule has 2 amide bonds. The van der Waals surface area contributed by atoms with Gasteiger partial charge in [0, 0.05) is 22.2 Å². The van der Waals surface area contributed by atoms with Crippen LogP contribution in [-0.2, 0) is 0 Å². The highest BCUT2D eigenvalue weighted by Gasteiger charge is 2.41. The van der Waals surface area contributed by atoms with Gasteiger partial charge in [0.1, 0.15) is 0 Å². The molecule has 1 aliphatic rings. The molecule has 0 saturated heterocycles. The van der Waals surface area contributed by atoms with Crippen LogP contribution in [0, 0.1) is 0 Å². The molecular formula is C15H8Cl3NO2S. The molecule has 0 bridgehead atoms. The van der Waals surface area contributed by atoms with E-state index in [1.807, 2.05) is 36.6 Å². The first kappa shape index (κ1) is 15.7. The van der Waals surface area contributed by atoms with E-state index < -0.39 is 11.8 Å². The lowest BCUT2D eigenvalue weighted by Gasteiger charge is -2.15. The van der Waals surface area contributed by atoms with Gasteiger partial charge in [-0.25, -0.2) is 0 Å². The Bertz CT molecular complexity index is 808. The van der Waals surface area contributed by atoms with Crippen molar-refractivity contribution in [1.29, 1.82) is 0 Å². The van der Waals surface area contributed by atoms with Gasteiger partial charge in [0.15, 0.2) is 0 Å². The SMILES string of the molecule is CSc1c(Cl)c(Cl)c2c(c1-c1ccccc1)C(=O)N(Cl)C2=O. The summed E-state index contributed by atoms with van der Waals surface area (Å²) in [7, 11) is 0. The summed E-state index contributed by atoms with van der Waals surface area (Å²) >= 11 is 19.7. The van der Waals surface area contributed by atoms with E-state index in [4.69, 9.17) is 35.0 Å². The summed E-state index contributed by atoms with van der Waals surface area (Å²) in [4.78, 5) is 25.2. The summed E-state index contributed by atoms with van der Waals surface area (Å²) < 4.78 is 0.545. The highest BCUT2D eigenvalue weighted by Crippen LogP contribution is 2.47. The average molecular weight is 373 g/mol. The van der Waals surface area contributed by atoms with E-state index in [9.17, 15) is 9.59 Å². The predicted octanol–water partition coefficient (Wildman–Crippen LogP) is 5.13. The molecule has 1 aliphatic heterocycles. The molecule has 112 valence electrons. The molecule has 0 saturated carbocycles. The van der Waals surface area contributed by atoms with Crippen LogP contribution in [0.2, 0.25) is 10.0 Å². The predicted molar refractivity (Wildman–Crippen MR) is 90.0 cm³/mol. The molecular weight excluding hydrogens is 365 g/mol. The number of carbonyl (C=O) groups is 2. The van der Waals surface area contributed by atoms with Gasteiger partial charge in [-0.05, 0) is 11.8 Å². The third-order valence-electron chi connectivity index (χ3n) is 3.39. The molecule has 0 unspecified atom stereocenters. The van der Waals surface area contributed by atoms with Crippen molar-refractivity contribution in [3.05, 3.63) is 51.5 Å². The number of hydrogen-bond donors (Lipinski definition) is 0. The molecule has 0 aromatic heterocycles. The zero-order chi connectivity index (χ0) is 16.0. The number of rotatable bonds is 2. The lowest BCUT2D eigenvalue weighted by molar-refractivity contribution is 0.0767. The monoisotopic (exact) mass is 371 g/mol. The molecule has 1 heterocycles. The fourth-order valence-electron chi connectivity index (χ4n) is 2.44. The number of thioether (sulfide) groups is 1. The Hall–Kier alpha value is -1.20. The van der Waals surface area contributed by atoms with Crippen molar-refractivity contribution in [1.82, 2.24) is 4.42 Å². The molecule has 2 aromatic rings. The maximum absolute atomic E-state index is 12.4. The summed E-state index contributed by atoms with van der Waals surface area (Å²) in [5, 5.41) is 0.307. The van der Waals surface area contributed by atoms with Crippen molar-refractivity contribution in [2.24, 2.45) is 0 Å². The van der Waals surface area contributed by atoms with Crippen molar-refractivity contribution in [3.8, 4) is 11.1 Å². The van der Waals surface area contributed by atoms with Crippen LogP contribution in [0.4, 0.5) is 0 Å². The molecule has 0 radical (unpaired) electrons. The van der Waals surface area contributed by atoms with E-state index in [2.05, 4.69) is 0 Å². The van der Waals surface area contributed by atoms with E-state index in [0.29, 0.717) is 14.9 Å². The van der Waals surface area contributed by atoms with Gasteiger partial charge in [-0.2, -0.15) is 4.42 Å². The largest absolute Gasteiger partial charge is 0.278 e. The number of halogens is 3. The van der Waals surface area contributed by atoms with Gasteiger partial charge in [-0.15, -0.1) is 11.8 Å². The van der Waals surface area contributed by atoms with Crippen LogP contribution >= 0.6 is 46.7 Å². The van der Waals surface area contributed by atoms with Gasteiger partial charge in [0.25, 0.3) is 11.8 Å². The molecule has 0 aliphatic carbocycles. The minimum Gasteiger partial charge on any atom is -0.267 e. The molecule has 0 atom stereocenters. The maximum Gasteiger partial charge on any atom is 0.278 e. The smallest absolute Gasteiger partial charge is 0.267 e. The van der Waals surface area contributed by atoms with Crippen molar-refractivity contribution >= 4 is 58.6 Å². The molecule has 2 aromatic carbocycles. The maximum atomic E-state index is 12.4. The summed E-state index contributed by atoms with van der Waals surface area (Å²) in [6.45, 7) is 0. The van der Waals surface area contributed by atoms with Crippen LogP contribution in [0.15, 0.2) is 35.2 Å². The second-order valence-corrected chi connectivity index (χ2v) is 6.45. The third-order valence-corrected chi connectivity index (χ3v) is 5.48. The van der Waals surface area contributed by atoms with Gasteiger partial charge >= 0.3 is 0 Å². The fourth-order valence-corrected chi connectivity index (χ4v) is 4.06. The Labute approximate surface area is 146 Å². The van der Waals surface area contributed by atoms with E-state index in [1.165, 1.54) is 11.8 Å². The molecule has 3 nitrogen and oxygen atoms in total. The van der Waals surface area contributed by atoms with Gasteiger partial charge in [0.2, 0.25) is 0 Å².